The topological polar surface area (TPSA) is 63.2 Å². The molecule has 1 aromatic carbocycles. The van der Waals surface area contributed by atoms with E-state index in [0.29, 0.717) is 25.5 Å². The Hall–Kier alpha value is -2.08. The van der Waals surface area contributed by atoms with E-state index in [4.69, 9.17) is 4.74 Å². The van der Waals surface area contributed by atoms with E-state index in [1.807, 2.05) is 18.2 Å². The maximum Gasteiger partial charge on any atom is 0.307 e. The van der Waals surface area contributed by atoms with Crippen molar-refractivity contribution in [1.82, 2.24) is 10.2 Å². The summed E-state index contributed by atoms with van der Waals surface area (Å²) in [5.74, 6) is 1.13. The third-order valence-corrected chi connectivity index (χ3v) is 4.10. The SMILES string of the molecule is CN=C(NCCC(=O)OC)N1CCC(COCc2ccccc2)C1. The molecule has 6 heteroatoms. The van der Waals surface area contributed by atoms with Crippen LogP contribution in [0.3, 0.4) is 0 Å². The molecule has 0 aliphatic carbocycles. The number of hydrogen-bond acceptors (Lipinski definition) is 4. The summed E-state index contributed by atoms with van der Waals surface area (Å²) in [6.07, 6.45) is 1.43. The van der Waals surface area contributed by atoms with Crippen LogP contribution in [0.4, 0.5) is 0 Å². The summed E-state index contributed by atoms with van der Waals surface area (Å²) < 4.78 is 10.5. The number of ether oxygens (including phenoxy) is 2. The number of carbonyl (C=O) groups is 1. The molecule has 0 amide bonds. The van der Waals surface area contributed by atoms with E-state index < -0.39 is 0 Å². The molecule has 2 rings (SSSR count). The fourth-order valence-electron chi connectivity index (χ4n) is 2.79. The minimum atomic E-state index is -0.216. The van der Waals surface area contributed by atoms with Crippen LogP contribution < -0.4 is 5.32 Å². The number of esters is 1. The Labute approximate surface area is 143 Å². The molecule has 1 unspecified atom stereocenters. The fourth-order valence-corrected chi connectivity index (χ4v) is 2.79. The lowest BCUT2D eigenvalue weighted by atomic mass is 10.1. The van der Waals surface area contributed by atoms with Crippen molar-refractivity contribution in [2.75, 3.05) is 40.4 Å². The van der Waals surface area contributed by atoms with Crippen LogP contribution >= 0.6 is 0 Å². The van der Waals surface area contributed by atoms with Crippen LogP contribution in [-0.4, -0.2) is 57.2 Å². The molecule has 1 N–H and O–H groups in total. The van der Waals surface area contributed by atoms with Crippen LogP contribution in [0.25, 0.3) is 0 Å². The third kappa shape index (κ3) is 5.85. The predicted octanol–water partition coefficient (Wildman–Crippen LogP) is 1.66. The van der Waals surface area contributed by atoms with Gasteiger partial charge in [0.1, 0.15) is 0 Å². The Kier molecular flexibility index (Phi) is 7.55. The van der Waals surface area contributed by atoms with E-state index >= 15 is 0 Å². The lowest BCUT2D eigenvalue weighted by Gasteiger charge is -2.21. The first-order valence-electron chi connectivity index (χ1n) is 8.37. The van der Waals surface area contributed by atoms with E-state index in [0.717, 1.165) is 32.1 Å². The van der Waals surface area contributed by atoms with Gasteiger partial charge in [-0.1, -0.05) is 30.3 Å². The van der Waals surface area contributed by atoms with Crippen molar-refractivity contribution < 1.29 is 14.3 Å². The zero-order valence-corrected chi connectivity index (χ0v) is 14.5. The summed E-state index contributed by atoms with van der Waals surface area (Å²) >= 11 is 0. The Balaban J connectivity index is 1.68. The number of nitrogens with one attached hydrogen (secondary N) is 1. The normalized spacial score (nSPS) is 17.8. The molecular weight excluding hydrogens is 306 g/mol. The van der Waals surface area contributed by atoms with E-state index in [-0.39, 0.29) is 5.97 Å². The molecule has 132 valence electrons. The van der Waals surface area contributed by atoms with Gasteiger partial charge in [-0.3, -0.25) is 9.79 Å². The highest BCUT2D eigenvalue weighted by Gasteiger charge is 2.24. The second kappa shape index (κ2) is 9.93. The van der Waals surface area contributed by atoms with Gasteiger partial charge in [0, 0.05) is 32.6 Å². The van der Waals surface area contributed by atoms with Crippen molar-refractivity contribution in [1.29, 1.82) is 0 Å². The molecule has 1 heterocycles. The number of methoxy groups -OCH3 is 1. The van der Waals surface area contributed by atoms with Crippen molar-refractivity contribution in [3.63, 3.8) is 0 Å². The summed E-state index contributed by atoms with van der Waals surface area (Å²) in [7, 11) is 3.16. The molecule has 1 aromatic rings. The van der Waals surface area contributed by atoms with Crippen molar-refractivity contribution in [2.45, 2.75) is 19.4 Å². The van der Waals surface area contributed by atoms with Crippen molar-refractivity contribution in [3.8, 4) is 0 Å². The zero-order valence-electron chi connectivity index (χ0n) is 14.5. The maximum absolute atomic E-state index is 11.2. The number of aliphatic imine (C=N–C) groups is 1. The van der Waals surface area contributed by atoms with E-state index in [1.165, 1.54) is 12.7 Å². The van der Waals surface area contributed by atoms with Crippen LogP contribution in [0.15, 0.2) is 35.3 Å². The molecule has 0 bridgehead atoms. The zero-order chi connectivity index (χ0) is 17.2. The van der Waals surface area contributed by atoms with Gasteiger partial charge < -0.3 is 19.7 Å². The number of hydrogen-bond donors (Lipinski definition) is 1. The van der Waals surface area contributed by atoms with Crippen LogP contribution in [0, 0.1) is 5.92 Å². The minimum Gasteiger partial charge on any atom is -0.469 e. The molecular formula is C18H27N3O3. The molecule has 0 radical (unpaired) electrons. The number of benzene rings is 1. The number of carbonyl (C=O) groups excluding carboxylic acids is 1. The van der Waals surface area contributed by atoms with Crippen LogP contribution in [0.2, 0.25) is 0 Å². The standard InChI is InChI=1S/C18H27N3O3/c1-19-18(20-10-8-17(22)23-2)21-11-9-16(12-21)14-24-13-15-6-4-3-5-7-15/h3-7,16H,8-14H2,1-2H3,(H,19,20). The molecule has 0 spiro atoms. The van der Waals surface area contributed by atoms with Gasteiger partial charge in [0.2, 0.25) is 0 Å². The number of guanidine groups is 1. The fraction of sp³-hybridized carbons (Fsp3) is 0.556. The third-order valence-electron chi connectivity index (χ3n) is 4.10. The molecule has 0 saturated carbocycles. The van der Waals surface area contributed by atoms with Crippen molar-refractivity contribution >= 4 is 11.9 Å². The second-order valence-electron chi connectivity index (χ2n) is 5.90. The summed E-state index contributed by atoms with van der Waals surface area (Å²) in [6, 6.07) is 10.2. The predicted molar refractivity (Wildman–Crippen MR) is 93.8 cm³/mol. The first kappa shape index (κ1) is 18.3. The van der Waals surface area contributed by atoms with Gasteiger partial charge >= 0.3 is 5.97 Å². The van der Waals surface area contributed by atoms with Crippen molar-refractivity contribution in [3.05, 3.63) is 35.9 Å². The first-order chi connectivity index (χ1) is 11.7. The Morgan fingerprint density at radius 2 is 2.17 bits per heavy atom. The van der Waals surface area contributed by atoms with Gasteiger partial charge in [0.25, 0.3) is 0 Å². The summed E-state index contributed by atoms with van der Waals surface area (Å²) in [4.78, 5) is 17.7. The van der Waals surface area contributed by atoms with E-state index in [1.54, 1.807) is 7.05 Å². The molecule has 24 heavy (non-hydrogen) atoms. The van der Waals surface area contributed by atoms with E-state index in [2.05, 4.69) is 32.1 Å². The van der Waals surface area contributed by atoms with Gasteiger partial charge in [-0.15, -0.1) is 0 Å². The van der Waals surface area contributed by atoms with Gasteiger partial charge in [0.05, 0.1) is 26.7 Å². The van der Waals surface area contributed by atoms with E-state index in [9.17, 15) is 4.79 Å². The lowest BCUT2D eigenvalue weighted by molar-refractivity contribution is -0.140. The molecule has 1 aliphatic heterocycles. The molecule has 1 aliphatic rings. The Morgan fingerprint density at radius 1 is 1.38 bits per heavy atom. The van der Waals surface area contributed by atoms with Crippen molar-refractivity contribution in [2.24, 2.45) is 10.9 Å². The minimum absolute atomic E-state index is 0.216. The van der Waals surface area contributed by atoms with Gasteiger partial charge in [-0.25, -0.2) is 0 Å². The number of likely N-dealkylation sites (tertiary alicyclic amines) is 1. The summed E-state index contributed by atoms with van der Waals surface area (Å²) in [5, 5.41) is 3.21. The Morgan fingerprint density at radius 3 is 2.88 bits per heavy atom. The lowest BCUT2D eigenvalue weighted by Crippen LogP contribution is -2.41. The highest BCUT2D eigenvalue weighted by Crippen LogP contribution is 2.17. The smallest absolute Gasteiger partial charge is 0.307 e. The number of rotatable bonds is 7. The van der Waals surface area contributed by atoms with Gasteiger partial charge in [-0.2, -0.15) is 0 Å². The quantitative estimate of drug-likeness (QED) is 0.467. The summed E-state index contributed by atoms with van der Waals surface area (Å²) in [5.41, 5.74) is 1.20. The van der Waals surface area contributed by atoms with Crippen LogP contribution in [0.5, 0.6) is 0 Å². The maximum atomic E-state index is 11.2. The molecule has 1 saturated heterocycles. The highest BCUT2D eigenvalue weighted by molar-refractivity contribution is 5.80. The highest BCUT2D eigenvalue weighted by atomic mass is 16.5. The molecule has 0 aromatic heterocycles. The average Bonchev–Trinajstić information content (AvgIpc) is 3.08. The molecule has 6 nitrogen and oxygen atoms in total. The monoisotopic (exact) mass is 333 g/mol. The Bertz CT molecular complexity index is 534. The largest absolute Gasteiger partial charge is 0.469 e. The van der Waals surface area contributed by atoms with Crippen LogP contribution in [-0.2, 0) is 20.9 Å². The van der Waals surface area contributed by atoms with Gasteiger partial charge in [-0.05, 0) is 12.0 Å². The first-order valence-corrected chi connectivity index (χ1v) is 8.37. The average molecular weight is 333 g/mol. The van der Waals surface area contributed by atoms with Crippen LogP contribution in [0.1, 0.15) is 18.4 Å². The summed E-state index contributed by atoms with van der Waals surface area (Å²) in [6.45, 7) is 3.82. The second-order valence-corrected chi connectivity index (χ2v) is 5.90. The molecule has 1 atom stereocenters. The molecule has 1 fully saturated rings. The number of nitrogens with zero attached hydrogens (tertiary/aromatic N) is 2. The van der Waals surface area contributed by atoms with Gasteiger partial charge in [0.15, 0.2) is 5.96 Å².